The fourth-order valence-electron chi connectivity index (χ4n) is 4.42. The molecule has 2 saturated heterocycles. The average Bonchev–Trinajstić information content (AvgIpc) is 3.13. The quantitative estimate of drug-likeness (QED) is 0.855. The second-order valence-electron chi connectivity index (χ2n) is 7.61. The summed E-state index contributed by atoms with van der Waals surface area (Å²) in [6.07, 6.45) is 7.84. The molecule has 4 nitrogen and oxygen atoms in total. The van der Waals surface area contributed by atoms with Crippen molar-refractivity contribution in [2.45, 2.75) is 32.7 Å². The lowest BCUT2D eigenvalue weighted by Crippen LogP contribution is -2.36. The van der Waals surface area contributed by atoms with E-state index in [0.717, 1.165) is 36.4 Å². The van der Waals surface area contributed by atoms with Crippen LogP contribution >= 0.6 is 0 Å². The number of pyridine rings is 2. The van der Waals surface area contributed by atoms with E-state index < -0.39 is 0 Å². The first-order valence-corrected chi connectivity index (χ1v) is 9.58. The van der Waals surface area contributed by atoms with Gasteiger partial charge >= 0.3 is 0 Å². The lowest BCUT2D eigenvalue weighted by Gasteiger charge is -2.34. The summed E-state index contributed by atoms with van der Waals surface area (Å²) in [5.41, 5.74) is 2.45. The van der Waals surface area contributed by atoms with E-state index in [2.05, 4.69) is 46.0 Å². The van der Waals surface area contributed by atoms with Crippen LogP contribution in [0.4, 0.5) is 5.82 Å². The molecule has 1 unspecified atom stereocenters. The van der Waals surface area contributed by atoms with E-state index in [0.29, 0.717) is 0 Å². The molecule has 2 aliphatic heterocycles. The molecule has 4 heteroatoms. The molecule has 0 spiro atoms. The summed E-state index contributed by atoms with van der Waals surface area (Å²) in [5, 5.41) is 0. The van der Waals surface area contributed by atoms with Crippen LogP contribution in [0.2, 0.25) is 0 Å². The molecular weight excluding hydrogens is 308 g/mol. The number of hydrogen-bond acceptors (Lipinski definition) is 4. The van der Waals surface area contributed by atoms with Crippen LogP contribution in [0.15, 0.2) is 42.7 Å². The minimum atomic E-state index is 0.836. The van der Waals surface area contributed by atoms with Crippen molar-refractivity contribution in [1.29, 1.82) is 0 Å². The Balaban J connectivity index is 1.28. The van der Waals surface area contributed by atoms with Gasteiger partial charge in [-0.3, -0.25) is 9.88 Å². The summed E-state index contributed by atoms with van der Waals surface area (Å²) in [6, 6.07) is 10.6. The second-order valence-corrected chi connectivity index (χ2v) is 7.61. The van der Waals surface area contributed by atoms with E-state index in [4.69, 9.17) is 4.98 Å². The largest absolute Gasteiger partial charge is 0.356 e. The number of hydrogen-bond donors (Lipinski definition) is 0. The molecule has 4 rings (SSSR count). The average molecular weight is 336 g/mol. The Bertz CT molecular complexity index is 679. The fraction of sp³-hybridized carbons (Fsp3) is 0.524. The van der Waals surface area contributed by atoms with Gasteiger partial charge in [-0.2, -0.15) is 0 Å². The first kappa shape index (κ1) is 16.5. The zero-order chi connectivity index (χ0) is 17.1. The van der Waals surface area contributed by atoms with Crippen LogP contribution in [-0.4, -0.2) is 41.0 Å². The van der Waals surface area contributed by atoms with Gasteiger partial charge in [0.15, 0.2) is 0 Å². The van der Waals surface area contributed by atoms with Crippen LogP contribution in [0.3, 0.4) is 0 Å². The summed E-state index contributed by atoms with van der Waals surface area (Å²) in [7, 11) is 0. The molecule has 0 amide bonds. The predicted octanol–water partition coefficient (Wildman–Crippen LogP) is 3.52. The van der Waals surface area contributed by atoms with Crippen LogP contribution < -0.4 is 4.90 Å². The highest BCUT2D eigenvalue weighted by atomic mass is 15.2. The molecular formula is C21H28N4. The van der Waals surface area contributed by atoms with Crippen molar-refractivity contribution in [2.24, 2.45) is 11.8 Å². The SMILES string of the molecule is Cc1cccc(N2CCC(C3CCN(Cc4cccnc4)CC3)C2)n1. The Morgan fingerprint density at radius 1 is 1.00 bits per heavy atom. The maximum absolute atomic E-state index is 4.71. The summed E-state index contributed by atoms with van der Waals surface area (Å²) >= 11 is 0. The van der Waals surface area contributed by atoms with Crippen molar-refractivity contribution in [3.8, 4) is 0 Å². The fourth-order valence-corrected chi connectivity index (χ4v) is 4.42. The van der Waals surface area contributed by atoms with E-state index in [1.807, 2.05) is 18.5 Å². The Labute approximate surface area is 150 Å². The third-order valence-electron chi connectivity index (χ3n) is 5.85. The standard InChI is InChI=1S/C21H28N4/c1-17-4-2-6-21(23-17)25-13-9-20(16-25)19-7-11-24(12-8-19)15-18-5-3-10-22-14-18/h2-6,10,14,19-20H,7-9,11-13,15-16H2,1H3. The van der Waals surface area contributed by atoms with E-state index >= 15 is 0 Å². The maximum atomic E-state index is 4.71. The Morgan fingerprint density at radius 2 is 1.84 bits per heavy atom. The molecule has 2 aromatic heterocycles. The zero-order valence-corrected chi connectivity index (χ0v) is 15.1. The van der Waals surface area contributed by atoms with Crippen LogP contribution in [0, 0.1) is 18.8 Å². The molecule has 4 heterocycles. The monoisotopic (exact) mass is 336 g/mol. The summed E-state index contributed by atoms with van der Waals surface area (Å²) in [6.45, 7) is 7.91. The van der Waals surface area contributed by atoms with E-state index in [-0.39, 0.29) is 0 Å². The van der Waals surface area contributed by atoms with E-state index in [1.165, 1.54) is 44.5 Å². The summed E-state index contributed by atoms with van der Waals surface area (Å²) in [4.78, 5) is 14.0. The molecule has 1 atom stereocenters. The van der Waals surface area contributed by atoms with Crippen molar-refractivity contribution in [3.63, 3.8) is 0 Å². The third kappa shape index (κ3) is 4.01. The first-order chi connectivity index (χ1) is 12.3. The van der Waals surface area contributed by atoms with Crippen molar-refractivity contribution in [2.75, 3.05) is 31.1 Å². The normalized spacial score (nSPS) is 22.4. The molecule has 0 aliphatic carbocycles. The summed E-state index contributed by atoms with van der Waals surface area (Å²) < 4.78 is 0. The van der Waals surface area contributed by atoms with Crippen molar-refractivity contribution in [1.82, 2.24) is 14.9 Å². The molecule has 2 aliphatic rings. The highest BCUT2D eigenvalue weighted by Gasteiger charge is 2.32. The van der Waals surface area contributed by atoms with Gasteiger partial charge in [-0.05, 0) is 74.9 Å². The van der Waals surface area contributed by atoms with Crippen molar-refractivity contribution >= 4 is 5.82 Å². The Morgan fingerprint density at radius 3 is 2.60 bits per heavy atom. The minimum absolute atomic E-state index is 0.836. The molecule has 2 fully saturated rings. The van der Waals surface area contributed by atoms with Gasteiger partial charge in [-0.15, -0.1) is 0 Å². The molecule has 132 valence electrons. The number of piperidine rings is 1. The van der Waals surface area contributed by atoms with Gasteiger partial charge in [0.05, 0.1) is 0 Å². The number of likely N-dealkylation sites (tertiary alicyclic amines) is 1. The van der Waals surface area contributed by atoms with Gasteiger partial charge in [-0.1, -0.05) is 12.1 Å². The Kier molecular flexibility index (Phi) is 4.97. The Hall–Kier alpha value is -1.94. The van der Waals surface area contributed by atoms with Crippen LogP contribution in [0.1, 0.15) is 30.5 Å². The van der Waals surface area contributed by atoms with Crippen LogP contribution in [-0.2, 0) is 6.54 Å². The van der Waals surface area contributed by atoms with E-state index in [9.17, 15) is 0 Å². The maximum Gasteiger partial charge on any atom is 0.128 e. The molecule has 0 bridgehead atoms. The van der Waals surface area contributed by atoms with Gasteiger partial charge in [0, 0.05) is 37.7 Å². The smallest absolute Gasteiger partial charge is 0.128 e. The van der Waals surface area contributed by atoms with Crippen molar-refractivity contribution < 1.29 is 0 Å². The second kappa shape index (κ2) is 7.52. The topological polar surface area (TPSA) is 32.3 Å². The number of anilines is 1. The van der Waals surface area contributed by atoms with Crippen LogP contribution in [0.25, 0.3) is 0 Å². The molecule has 0 radical (unpaired) electrons. The van der Waals surface area contributed by atoms with Crippen LogP contribution in [0.5, 0.6) is 0 Å². The first-order valence-electron chi connectivity index (χ1n) is 9.58. The van der Waals surface area contributed by atoms with Gasteiger partial charge in [0.1, 0.15) is 5.82 Å². The number of rotatable bonds is 4. The molecule has 0 N–H and O–H groups in total. The lowest BCUT2D eigenvalue weighted by atomic mass is 9.83. The van der Waals surface area contributed by atoms with Crippen molar-refractivity contribution in [3.05, 3.63) is 54.0 Å². The van der Waals surface area contributed by atoms with Gasteiger partial charge in [-0.25, -0.2) is 4.98 Å². The van der Waals surface area contributed by atoms with Gasteiger partial charge in [0.2, 0.25) is 0 Å². The lowest BCUT2D eigenvalue weighted by molar-refractivity contribution is 0.147. The van der Waals surface area contributed by atoms with Gasteiger partial charge < -0.3 is 4.90 Å². The highest BCUT2D eigenvalue weighted by Crippen LogP contribution is 2.33. The number of aromatic nitrogens is 2. The number of aryl methyl sites for hydroxylation is 1. The molecule has 0 saturated carbocycles. The molecule has 25 heavy (non-hydrogen) atoms. The highest BCUT2D eigenvalue weighted by molar-refractivity contribution is 5.40. The summed E-state index contributed by atoms with van der Waals surface area (Å²) in [5.74, 6) is 2.87. The predicted molar refractivity (Wildman–Crippen MR) is 102 cm³/mol. The van der Waals surface area contributed by atoms with E-state index in [1.54, 1.807) is 0 Å². The molecule has 2 aromatic rings. The molecule has 0 aromatic carbocycles. The zero-order valence-electron chi connectivity index (χ0n) is 15.1. The number of nitrogens with zero attached hydrogens (tertiary/aromatic N) is 4. The minimum Gasteiger partial charge on any atom is -0.356 e. The third-order valence-corrected chi connectivity index (χ3v) is 5.85. The van der Waals surface area contributed by atoms with Gasteiger partial charge in [0.25, 0.3) is 0 Å².